The van der Waals surface area contributed by atoms with Crippen LogP contribution < -0.4 is 0 Å². The number of hydrogen-bond donors (Lipinski definition) is 1. The van der Waals surface area contributed by atoms with E-state index in [1.54, 1.807) is 13.0 Å². The maximum Gasteiger partial charge on any atom is 0.330 e. The van der Waals surface area contributed by atoms with Crippen LogP contribution in [0.25, 0.3) is 22.6 Å². The summed E-state index contributed by atoms with van der Waals surface area (Å²) in [4.78, 5) is 16.2. The third-order valence-electron chi connectivity index (χ3n) is 4.84. The third kappa shape index (κ3) is 5.67. The molecule has 0 aliphatic rings. The number of hydrogen-bond acceptors (Lipinski definition) is 5. The molecule has 0 amide bonds. The van der Waals surface area contributed by atoms with Crippen LogP contribution >= 0.6 is 0 Å². The highest BCUT2D eigenvalue weighted by Gasteiger charge is 2.19. The van der Waals surface area contributed by atoms with Gasteiger partial charge in [0.15, 0.2) is 11.7 Å². The number of benzene rings is 2. The smallest absolute Gasteiger partial charge is 0.330 e. The largest absolute Gasteiger partial charge is 0.463 e. The van der Waals surface area contributed by atoms with Gasteiger partial charge in [0, 0.05) is 29.5 Å². The number of nitrogens with zero attached hydrogens (tertiary/aromatic N) is 1. The van der Waals surface area contributed by atoms with Crippen molar-refractivity contribution in [1.29, 1.82) is 0 Å². The van der Waals surface area contributed by atoms with Crippen LogP contribution in [0.5, 0.6) is 0 Å². The molecule has 1 N–H and O–H groups in total. The number of aliphatic hydroxyl groups excluding tert-OH is 1. The molecule has 5 nitrogen and oxygen atoms in total. The Morgan fingerprint density at radius 3 is 2.37 bits per heavy atom. The van der Waals surface area contributed by atoms with Gasteiger partial charge < -0.3 is 14.3 Å². The van der Waals surface area contributed by atoms with Crippen LogP contribution in [0.1, 0.15) is 26.2 Å². The number of rotatable bonds is 9. The number of ether oxygens (including phenoxy) is 1. The summed E-state index contributed by atoms with van der Waals surface area (Å²) in [5, 5.41) is 10.5. The van der Waals surface area contributed by atoms with E-state index in [9.17, 15) is 9.90 Å². The van der Waals surface area contributed by atoms with Crippen molar-refractivity contribution in [3.63, 3.8) is 0 Å². The predicted molar refractivity (Wildman–Crippen MR) is 117 cm³/mol. The minimum absolute atomic E-state index is 0.188. The highest BCUT2D eigenvalue weighted by Crippen LogP contribution is 2.33. The fourth-order valence-electron chi connectivity index (χ4n) is 3.13. The third-order valence-corrected chi connectivity index (χ3v) is 4.84. The Balaban J connectivity index is 1.74. The summed E-state index contributed by atoms with van der Waals surface area (Å²) >= 11 is 0. The van der Waals surface area contributed by atoms with Gasteiger partial charge in [-0.25, -0.2) is 9.78 Å². The predicted octanol–water partition coefficient (Wildman–Crippen LogP) is 5.06. The molecular formula is C25H27NO4. The molecule has 1 heterocycles. The second kappa shape index (κ2) is 10.6. The molecule has 2 atom stereocenters. The minimum atomic E-state index is -0.622. The number of aromatic nitrogens is 1. The molecule has 0 saturated heterocycles. The van der Waals surface area contributed by atoms with Gasteiger partial charge in [0.2, 0.25) is 0 Å². The van der Waals surface area contributed by atoms with Crippen molar-refractivity contribution in [2.24, 2.45) is 5.92 Å². The van der Waals surface area contributed by atoms with Gasteiger partial charge in [-0.15, -0.1) is 0 Å². The monoisotopic (exact) mass is 405 g/mol. The van der Waals surface area contributed by atoms with Crippen molar-refractivity contribution in [2.75, 3.05) is 6.61 Å². The van der Waals surface area contributed by atoms with Crippen LogP contribution in [0.15, 0.2) is 77.2 Å². The first-order valence-electron chi connectivity index (χ1n) is 10.2. The zero-order chi connectivity index (χ0) is 21.3. The Bertz CT molecular complexity index is 906. The Labute approximate surface area is 177 Å². The van der Waals surface area contributed by atoms with Crippen molar-refractivity contribution >= 4 is 5.97 Å². The number of carbonyl (C=O) groups is 1. The van der Waals surface area contributed by atoms with Crippen molar-refractivity contribution in [3.05, 3.63) is 78.7 Å². The van der Waals surface area contributed by atoms with E-state index >= 15 is 0 Å². The fraction of sp³-hybridized carbons (Fsp3) is 0.280. The molecule has 0 spiro atoms. The van der Waals surface area contributed by atoms with Gasteiger partial charge >= 0.3 is 5.97 Å². The van der Waals surface area contributed by atoms with Gasteiger partial charge in [-0.3, -0.25) is 0 Å². The second-order valence-electron chi connectivity index (χ2n) is 7.09. The molecule has 0 bridgehead atoms. The molecule has 5 heteroatoms. The molecule has 0 saturated carbocycles. The van der Waals surface area contributed by atoms with E-state index in [4.69, 9.17) is 14.1 Å². The van der Waals surface area contributed by atoms with E-state index in [0.29, 0.717) is 25.3 Å². The first-order valence-corrected chi connectivity index (χ1v) is 10.2. The molecule has 1 aromatic heterocycles. The first-order chi connectivity index (χ1) is 14.6. The second-order valence-corrected chi connectivity index (χ2v) is 7.09. The molecule has 3 rings (SSSR count). The van der Waals surface area contributed by atoms with Gasteiger partial charge in [-0.1, -0.05) is 73.7 Å². The van der Waals surface area contributed by atoms with E-state index in [1.165, 1.54) is 6.08 Å². The van der Waals surface area contributed by atoms with Crippen LogP contribution in [0.2, 0.25) is 0 Å². The fourth-order valence-corrected chi connectivity index (χ4v) is 3.13. The quantitative estimate of drug-likeness (QED) is 0.398. The Kier molecular flexibility index (Phi) is 7.57. The maximum absolute atomic E-state index is 11.4. The lowest BCUT2D eigenvalue weighted by molar-refractivity contribution is -0.137. The van der Waals surface area contributed by atoms with Gasteiger partial charge in [-0.05, 0) is 13.3 Å². The molecule has 2 aromatic carbocycles. The number of esters is 1. The van der Waals surface area contributed by atoms with E-state index < -0.39 is 12.1 Å². The highest BCUT2D eigenvalue weighted by atomic mass is 16.5. The van der Waals surface area contributed by atoms with Gasteiger partial charge in [0.1, 0.15) is 5.69 Å². The average Bonchev–Trinajstić information content (AvgIpc) is 3.21. The molecule has 0 fully saturated rings. The topological polar surface area (TPSA) is 72.6 Å². The minimum Gasteiger partial charge on any atom is -0.463 e. The molecule has 30 heavy (non-hydrogen) atoms. The summed E-state index contributed by atoms with van der Waals surface area (Å²) < 4.78 is 11.0. The average molecular weight is 405 g/mol. The van der Waals surface area contributed by atoms with Crippen LogP contribution in [0.4, 0.5) is 0 Å². The molecule has 0 radical (unpaired) electrons. The highest BCUT2D eigenvalue weighted by molar-refractivity contribution is 5.81. The van der Waals surface area contributed by atoms with E-state index in [2.05, 4.69) is 0 Å². The maximum atomic E-state index is 11.4. The molecular weight excluding hydrogens is 378 g/mol. The van der Waals surface area contributed by atoms with Gasteiger partial charge in [-0.2, -0.15) is 0 Å². The SMILES string of the molecule is CCOC(=O)/C=C/[C@H](C)[C@H](O)CCc1nc(-c2ccccc2)c(-c2ccccc2)o1. The Hall–Kier alpha value is -3.18. The Morgan fingerprint density at radius 2 is 1.73 bits per heavy atom. The van der Waals surface area contributed by atoms with E-state index in [-0.39, 0.29) is 5.92 Å². The van der Waals surface area contributed by atoms with Crippen molar-refractivity contribution in [3.8, 4) is 22.6 Å². The number of aliphatic hydroxyl groups is 1. The van der Waals surface area contributed by atoms with Crippen molar-refractivity contribution in [1.82, 2.24) is 4.98 Å². The lowest BCUT2D eigenvalue weighted by Gasteiger charge is -2.14. The Morgan fingerprint density at radius 1 is 1.10 bits per heavy atom. The summed E-state index contributed by atoms with van der Waals surface area (Å²) in [6.07, 6.45) is 3.37. The van der Waals surface area contributed by atoms with Crippen LogP contribution in [-0.4, -0.2) is 28.8 Å². The zero-order valence-electron chi connectivity index (χ0n) is 17.3. The molecule has 0 unspecified atom stereocenters. The summed E-state index contributed by atoms with van der Waals surface area (Å²) in [5.74, 6) is 0.714. The summed E-state index contributed by atoms with van der Waals surface area (Å²) in [5.41, 5.74) is 2.74. The number of oxazole rings is 1. The normalized spacial score (nSPS) is 13.3. The summed E-state index contributed by atoms with van der Waals surface area (Å²) in [6.45, 7) is 3.95. The summed E-state index contributed by atoms with van der Waals surface area (Å²) in [6, 6.07) is 19.8. The molecule has 156 valence electrons. The molecule has 3 aromatic rings. The van der Waals surface area contributed by atoms with Gasteiger partial charge in [0.25, 0.3) is 0 Å². The molecule has 0 aliphatic carbocycles. The zero-order valence-corrected chi connectivity index (χ0v) is 17.3. The number of aryl methyl sites for hydroxylation is 1. The van der Waals surface area contributed by atoms with E-state index in [1.807, 2.05) is 67.6 Å². The van der Waals surface area contributed by atoms with Crippen LogP contribution in [0.3, 0.4) is 0 Å². The lowest BCUT2D eigenvalue weighted by atomic mass is 10.00. The standard InChI is InChI=1S/C25H27NO4/c1-3-29-23(28)17-14-18(2)21(27)15-16-22-26-24(19-10-6-4-7-11-19)25(30-22)20-12-8-5-9-13-20/h4-14,17-18,21,27H,3,15-16H2,1-2H3/b17-14+/t18-,21+/m0/s1. The summed E-state index contributed by atoms with van der Waals surface area (Å²) in [7, 11) is 0. The van der Waals surface area contributed by atoms with Crippen LogP contribution in [0, 0.1) is 5.92 Å². The lowest BCUT2D eigenvalue weighted by Crippen LogP contribution is -2.17. The van der Waals surface area contributed by atoms with Gasteiger partial charge in [0.05, 0.1) is 12.7 Å². The number of carbonyl (C=O) groups excluding carboxylic acids is 1. The first kappa shape index (κ1) is 21.5. The molecule has 0 aliphatic heterocycles. The van der Waals surface area contributed by atoms with Crippen LogP contribution in [-0.2, 0) is 16.0 Å². The van der Waals surface area contributed by atoms with Crippen molar-refractivity contribution in [2.45, 2.75) is 32.8 Å². The van der Waals surface area contributed by atoms with E-state index in [0.717, 1.165) is 22.6 Å². The van der Waals surface area contributed by atoms with Crippen molar-refractivity contribution < 1.29 is 19.1 Å².